The Kier molecular flexibility index (Phi) is 6.90. The highest BCUT2D eigenvalue weighted by molar-refractivity contribution is 5.90. The molecule has 22 heavy (non-hydrogen) atoms. The van der Waals surface area contributed by atoms with Crippen LogP contribution in [0, 0.1) is 0 Å². The predicted octanol–water partition coefficient (Wildman–Crippen LogP) is 5.17. The lowest BCUT2D eigenvalue weighted by molar-refractivity contribution is 0.0601. The summed E-state index contributed by atoms with van der Waals surface area (Å²) < 4.78 is 4.70. The van der Waals surface area contributed by atoms with Crippen LogP contribution in [-0.2, 0) is 4.74 Å². The lowest BCUT2D eigenvalue weighted by Gasteiger charge is -2.03. The minimum Gasteiger partial charge on any atom is -0.465 e. The van der Waals surface area contributed by atoms with Crippen LogP contribution in [0.15, 0.2) is 43.1 Å². The zero-order valence-corrected chi connectivity index (χ0v) is 13.6. The van der Waals surface area contributed by atoms with Crippen LogP contribution >= 0.6 is 0 Å². The Bertz CT molecular complexity index is 649. The molecule has 0 fully saturated rings. The molecule has 1 aromatic heterocycles. The number of esters is 1. The highest BCUT2D eigenvalue weighted by Crippen LogP contribution is 2.28. The molecule has 1 heterocycles. The first kappa shape index (κ1) is 17.5. The maximum Gasteiger partial charge on any atom is 0.337 e. The number of hydrogen-bond donors (Lipinski definition) is 1. The van der Waals surface area contributed by atoms with Crippen molar-refractivity contribution in [1.29, 1.82) is 0 Å². The number of aromatic amines is 1. The van der Waals surface area contributed by atoms with Crippen LogP contribution in [0.25, 0.3) is 23.3 Å². The van der Waals surface area contributed by atoms with Gasteiger partial charge >= 0.3 is 5.97 Å². The van der Waals surface area contributed by atoms with Crippen molar-refractivity contribution >= 4 is 18.1 Å². The normalized spacial score (nSPS) is 10.0. The Balaban J connectivity index is 0.00000116. The molecular weight excluding hydrogens is 274 g/mol. The molecule has 1 aromatic carbocycles. The molecule has 0 atom stereocenters. The Hall–Kier alpha value is -2.55. The van der Waals surface area contributed by atoms with Crippen LogP contribution < -0.4 is 0 Å². The third-order valence-electron chi connectivity index (χ3n) is 3.11. The number of methoxy groups -OCH3 is 1. The number of rotatable bonds is 4. The van der Waals surface area contributed by atoms with Gasteiger partial charge in [0.05, 0.1) is 12.7 Å². The molecule has 0 spiro atoms. The number of hydrogen-bond acceptors (Lipinski definition) is 2. The number of benzene rings is 1. The zero-order valence-electron chi connectivity index (χ0n) is 13.6. The molecule has 0 saturated heterocycles. The lowest BCUT2D eigenvalue weighted by Crippen LogP contribution is -2.00. The fourth-order valence-electron chi connectivity index (χ4n) is 2.11. The molecule has 1 N–H and O–H groups in total. The molecule has 116 valence electrons. The summed E-state index contributed by atoms with van der Waals surface area (Å²) in [7, 11) is 1.38. The zero-order chi connectivity index (χ0) is 16.5. The quantitative estimate of drug-likeness (QED) is 0.791. The summed E-state index contributed by atoms with van der Waals surface area (Å²) in [4.78, 5) is 14.6. The highest BCUT2D eigenvalue weighted by atomic mass is 16.5. The topological polar surface area (TPSA) is 42.1 Å². The van der Waals surface area contributed by atoms with Crippen molar-refractivity contribution in [3.63, 3.8) is 0 Å². The number of carbonyl (C=O) groups is 1. The molecule has 0 amide bonds. The Morgan fingerprint density at radius 1 is 1.23 bits per heavy atom. The fraction of sp³-hybridized carbons (Fsp3) is 0.211. The summed E-state index contributed by atoms with van der Waals surface area (Å²) in [5.41, 5.74) is 4.73. The van der Waals surface area contributed by atoms with Crippen LogP contribution in [0.1, 0.15) is 42.4 Å². The van der Waals surface area contributed by atoms with Gasteiger partial charge in [0.2, 0.25) is 0 Å². The summed E-state index contributed by atoms with van der Waals surface area (Å²) in [6.07, 6.45) is 7.76. The second kappa shape index (κ2) is 8.67. The molecule has 0 aliphatic carbocycles. The van der Waals surface area contributed by atoms with E-state index in [9.17, 15) is 4.79 Å². The minimum atomic E-state index is -0.328. The third-order valence-corrected chi connectivity index (χ3v) is 3.11. The molecule has 3 nitrogen and oxygen atoms in total. The summed E-state index contributed by atoms with van der Waals surface area (Å²) >= 11 is 0. The molecule has 2 aromatic rings. The van der Waals surface area contributed by atoms with Crippen molar-refractivity contribution in [2.75, 3.05) is 7.11 Å². The van der Waals surface area contributed by atoms with Crippen molar-refractivity contribution in [3.05, 3.63) is 59.9 Å². The second-order valence-corrected chi connectivity index (χ2v) is 4.30. The first-order valence-electron chi connectivity index (χ1n) is 7.36. The van der Waals surface area contributed by atoms with Gasteiger partial charge in [-0.05, 0) is 30.7 Å². The number of H-pyrrole nitrogens is 1. The summed E-state index contributed by atoms with van der Waals surface area (Å²) in [6, 6.07) is 7.35. The summed E-state index contributed by atoms with van der Waals surface area (Å²) in [5.74, 6) is -0.328. The molecule has 2 rings (SSSR count). The molecule has 0 bridgehead atoms. The van der Waals surface area contributed by atoms with E-state index < -0.39 is 0 Å². The first-order chi connectivity index (χ1) is 10.7. The predicted molar refractivity (Wildman–Crippen MR) is 93.7 cm³/mol. The smallest absolute Gasteiger partial charge is 0.337 e. The van der Waals surface area contributed by atoms with Crippen LogP contribution in [0.5, 0.6) is 0 Å². The van der Waals surface area contributed by atoms with E-state index in [1.165, 1.54) is 7.11 Å². The van der Waals surface area contributed by atoms with Crippen LogP contribution in [-0.4, -0.2) is 18.1 Å². The Morgan fingerprint density at radius 3 is 2.36 bits per heavy atom. The SMILES string of the molecule is C=Cc1[nH]cc(-c2ccc(C(=O)OC)cc2)c1/C=C\C.CC. The van der Waals surface area contributed by atoms with E-state index in [0.29, 0.717) is 5.56 Å². The van der Waals surface area contributed by atoms with Crippen LogP contribution in [0.3, 0.4) is 0 Å². The molecule has 0 radical (unpaired) electrons. The van der Waals surface area contributed by atoms with Crippen molar-refractivity contribution < 1.29 is 9.53 Å². The maximum absolute atomic E-state index is 11.4. The van der Waals surface area contributed by atoms with Crippen molar-refractivity contribution in [2.24, 2.45) is 0 Å². The maximum atomic E-state index is 11.4. The third kappa shape index (κ3) is 3.76. The second-order valence-electron chi connectivity index (χ2n) is 4.30. The largest absolute Gasteiger partial charge is 0.465 e. The molecular formula is C19H23NO2. The number of allylic oxidation sites excluding steroid dienone is 1. The fourth-order valence-corrected chi connectivity index (χ4v) is 2.11. The van der Waals surface area contributed by atoms with E-state index in [2.05, 4.69) is 11.6 Å². The number of ether oxygens (including phenoxy) is 1. The molecule has 0 saturated carbocycles. The van der Waals surface area contributed by atoms with Gasteiger partial charge in [0, 0.05) is 23.0 Å². The number of carbonyl (C=O) groups excluding carboxylic acids is 1. The summed E-state index contributed by atoms with van der Waals surface area (Å²) in [6.45, 7) is 9.78. The van der Waals surface area contributed by atoms with Gasteiger partial charge in [-0.1, -0.05) is 44.7 Å². The monoisotopic (exact) mass is 297 g/mol. The molecule has 0 unspecified atom stereocenters. The van der Waals surface area contributed by atoms with Gasteiger partial charge in [0.1, 0.15) is 0 Å². The summed E-state index contributed by atoms with van der Waals surface area (Å²) in [5, 5.41) is 0. The van der Waals surface area contributed by atoms with Gasteiger partial charge < -0.3 is 9.72 Å². The van der Waals surface area contributed by atoms with Crippen molar-refractivity contribution in [3.8, 4) is 11.1 Å². The van der Waals surface area contributed by atoms with E-state index >= 15 is 0 Å². The average Bonchev–Trinajstić information content (AvgIpc) is 2.99. The van der Waals surface area contributed by atoms with E-state index in [1.807, 2.05) is 51.3 Å². The van der Waals surface area contributed by atoms with Crippen LogP contribution in [0.2, 0.25) is 0 Å². The van der Waals surface area contributed by atoms with Crippen molar-refractivity contribution in [1.82, 2.24) is 4.98 Å². The van der Waals surface area contributed by atoms with Gasteiger partial charge in [0.15, 0.2) is 0 Å². The Morgan fingerprint density at radius 2 is 1.86 bits per heavy atom. The van der Waals surface area contributed by atoms with Gasteiger partial charge in [-0.15, -0.1) is 0 Å². The number of nitrogens with one attached hydrogen (secondary N) is 1. The minimum absolute atomic E-state index is 0.328. The molecule has 0 aliphatic heterocycles. The highest BCUT2D eigenvalue weighted by Gasteiger charge is 2.10. The molecule has 0 aliphatic rings. The first-order valence-corrected chi connectivity index (χ1v) is 7.36. The van der Waals surface area contributed by atoms with Gasteiger partial charge in [-0.25, -0.2) is 4.79 Å². The van der Waals surface area contributed by atoms with E-state index in [1.54, 1.807) is 18.2 Å². The Labute approximate surface area is 132 Å². The molecule has 3 heteroatoms. The van der Waals surface area contributed by atoms with E-state index in [-0.39, 0.29) is 5.97 Å². The average molecular weight is 297 g/mol. The number of aromatic nitrogens is 1. The van der Waals surface area contributed by atoms with E-state index in [0.717, 1.165) is 22.4 Å². The van der Waals surface area contributed by atoms with Gasteiger partial charge in [0.25, 0.3) is 0 Å². The van der Waals surface area contributed by atoms with E-state index in [4.69, 9.17) is 4.74 Å². The van der Waals surface area contributed by atoms with Gasteiger partial charge in [-0.3, -0.25) is 0 Å². The standard InChI is InChI=1S/C17H17NO2.C2H6/c1-4-6-14-15(11-18-16(14)5-2)12-7-9-13(10-8-12)17(19)20-3;1-2/h4-11,18H,2H2,1,3H3;1-2H3/b6-4-;. The lowest BCUT2D eigenvalue weighted by atomic mass is 10.0. The van der Waals surface area contributed by atoms with Gasteiger partial charge in [-0.2, -0.15) is 0 Å². The van der Waals surface area contributed by atoms with Crippen molar-refractivity contribution in [2.45, 2.75) is 20.8 Å². The van der Waals surface area contributed by atoms with Crippen LogP contribution in [0.4, 0.5) is 0 Å².